The molecule has 1 N–H and O–H groups in total. The van der Waals surface area contributed by atoms with Gasteiger partial charge in [0, 0.05) is 11.2 Å². The van der Waals surface area contributed by atoms with Crippen molar-refractivity contribution in [3.63, 3.8) is 0 Å². The average Bonchev–Trinajstić information content (AvgIpc) is 2.74. The Balaban J connectivity index is 1.80. The van der Waals surface area contributed by atoms with Crippen molar-refractivity contribution in [3.8, 4) is 11.5 Å². The minimum atomic E-state index is -0.959. The molecule has 5 nitrogen and oxygen atoms in total. The zero-order chi connectivity index (χ0) is 22.4. The molecule has 0 aliphatic carbocycles. The van der Waals surface area contributed by atoms with Gasteiger partial charge in [-0.25, -0.2) is 4.79 Å². The van der Waals surface area contributed by atoms with E-state index in [1.807, 2.05) is 44.2 Å². The van der Waals surface area contributed by atoms with Crippen LogP contribution in [0.15, 0.2) is 64.1 Å². The van der Waals surface area contributed by atoms with Crippen LogP contribution in [-0.4, -0.2) is 23.9 Å². The highest BCUT2D eigenvalue weighted by Crippen LogP contribution is 2.37. The summed E-state index contributed by atoms with van der Waals surface area (Å²) in [7, 11) is 0. The molecule has 0 saturated carbocycles. The van der Waals surface area contributed by atoms with Crippen molar-refractivity contribution in [3.05, 3.63) is 86.3 Å². The number of carboxylic acid groups (broad SMARTS) is 1. The van der Waals surface area contributed by atoms with E-state index in [0.29, 0.717) is 23.1 Å². The largest absolute Gasteiger partial charge is 0.490 e. The van der Waals surface area contributed by atoms with Gasteiger partial charge in [-0.05, 0) is 82.9 Å². The van der Waals surface area contributed by atoms with Crippen LogP contribution in [-0.2, 0) is 6.61 Å². The van der Waals surface area contributed by atoms with Gasteiger partial charge < -0.3 is 14.6 Å². The third-order valence-electron chi connectivity index (χ3n) is 4.43. The molecule has 3 aromatic carbocycles. The fraction of sp³-hybridized carbons (Fsp3) is 0.167. The zero-order valence-corrected chi connectivity index (χ0v) is 19.4. The second kappa shape index (κ2) is 10.5. The lowest BCUT2D eigenvalue weighted by Gasteiger charge is -2.15. The van der Waals surface area contributed by atoms with Crippen LogP contribution in [0.5, 0.6) is 11.5 Å². The molecule has 0 spiro atoms. The van der Waals surface area contributed by atoms with Crippen LogP contribution in [0.1, 0.15) is 34.0 Å². The molecule has 0 aliphatic rings. The lowest BCUT2D eigenvalue weighted by atomic mass is 10.1. The lowest BCUT2D eigenvalue weighted by molar-refractivity contribution is 0.0697. The molecule has 0 unspecified atom stereocenters. The van der Waals surface area contributed by atoms with Crippen LogP contribution >= 0.6 is 27.5 Å². The monoisotopic (exact) mass is 501 g/mol. The van der Waals surface area contributed by atoms with Crippen LogP contribution in [0.4, 0.5) is 5.69 Å². The molecule has 0 amide bonds. The van der Waals surface area contributed by atoms with Crippen LogP contribution < -0.4 is 9.47 Å². The highest BCUT2D eigenvalue weighted by atomic mass is 79.9. The van der Waals surface area contributed by atoms with Crippen LogP contribution in [0.2, 0.25) is 5.02 Å². The van der Waals surface area contributed by atoms with Gasteiger partial charge in [0.2, 0.25) is 0 Å². The van der Waals surface area contributed by atoms with Gasteiger partial charge in [-0.2, -0.15) is 0 Å². The maximum Gasteiger partial charge on any atom is 0.335 e. The second-order valence-electron chi connectivity index (χ2n) is 6.75. The number of aliphatic imine (C=N–C) groups is 1. The topological polar surface area (TPSA) is 68.1 Å². The molecule has 0 atom stereocenters. The molecule has 31 heavy (non-hydrogen) atoms. The van der Waals surface area contributed by atoms with Gasteiger partial charge >= 0.3 is 5.97 Å². The van der Waals surface area contributed by atoms with E-state index in [9.17, 15) is 4.79 Å². The average molecular weight is 503 g/mol. The number of ether oxygens (including phenoxy) is 2. The minimum absolute atomic E-state index is 0.235. The zero-order valence-electron chi connectivity index (χ0n) is 17.1. The standard InChI is InChI=1S/C24H21BrClNO4/c1-3-30-22-11-17(13-27-19-9-4-15(2)21(26)12-19)10-20(25)23(22)31-14-16-5-7-18(8-6-16)24(28)29/h4-13H,3,14H2,1-2H3,(H,28,29). The van der Waals surface area contributed by atoms with Gasteiger partial charge in [0.25, 0.3) is 0 Å². The summed E-state index contributed by atoms with van der Waals surface area (Å²) in [4.78, 5) is 15.5. The van der Waals surface area contributed by atoms with Gasteiger partial charge in [0.15, 0.2) is 11.5 Å². The van der Waals surface area contributed by atoms with E-state index >= 15 is 0 Å². The number of aromatic carboxylic acids is 1. The van der Waals surface area contributed by atoms with Gasteiger partial charge in [0.05, 0.1) is 22.3 Å². The van der Waals surface area contributed by atoms with Crippen LogP contribution in [0.25, 0.3) is 0 Å². The molecular formula is C24H21BrClNO4. The van der Waals surface area contributed by atoms with E-state index in [0.717, 1.165) is 26.9 Å². The Bertz CT molecular complexity index is 1110. The van der Waals surface area contributed by atoms with E-state index in [-0.39, 0.29) is 12.2 Å². The molecule has 0 saturated heterocycles. The van der Waals surface area contributed by atoms with Crippen molar-refractivity contribution in [2.45, 2.75) is 20.5 Å². The number of halogens is 2. The molecule has 0 bridgehead atoms. The smallest absolute Gasteiger partial charge is 0.335 e. The summed E-state index contributed by atoms with van der Waals surface area (Å²) in [6, 6.07) is 16.0. The van der Waals surface area contributed by atoms with Crippen molar-refractivity contribution in [1.29, 1.82) is 0 Å². The number of nitrogens with zero attached hydrogens (tertiary/aromatic N) is 1. The number of carbonyl (C=O) groups is 1. The SMILES string of the molecule is CCOc1cc(C=Nc2ccc(C)c(Cl)c2)cc(Br)c1OCc1ccc(C(=O)O)cc1. The third-order valence-corrected chi connectivity index (χ3v) is 5.43. The highest BCUT2D eigenvalue weighted by molar-refractivity contribution is 9.10. The number of carboxylic acids is 1. The highest BCUT2D eigenvalue weighted by Gasteiger charge is 2.13. The predicted molar refractivity (Wildman–Crippen MR) is 126 cm³/mol. The first-order chi connectivity index (χ1) is 14.9. The van der Waals surface area contributed by atoms with E-state index in [1.165, 1.54) is 0 Å². The fourth-order valence-electron chi connectivity index (χ4n) is 2.78. The van der Waals surface area contributed by atoms with E-state index in [2.05, 4.69) is 20.9 Å². The number of rotatable bonds is 8. The molecule has 0 heterocycles. The van der Waals surface area contributed by atoms with Crippen LogP contribution in [0.3, 0.4) is 0 Å². The summed E-state index contributed by atoms with van der Waals surface area (Å²) in [5.74, 6) is 0.195. The minimum Gasteiger partial charge on any atom is -0.490 e. The summed E-state index contributed by atoms with van der Waals surface area (Å²) in [5, 5.41) is 9.68. The first kappa shape index (κ1) is 22.8. The molecule has 0 aliphatic heterocycles. The number of benzene rings is 3. The Kier molecular flexibility index (Phi) is 7.71. The summed E-state index contributed by atoms with van der Waals surface area (Å²) in [6.45, 7) is 4.59. The first-order valence-corrected chi connectivity index (χ1v) is 10.8. The third kappa shape index (κ3) is 6.09. The van der Waals surface area contributed by atoms with Gasteiger partial charge in [0.1, 0.15) is 6.61 Å². The number of aryl methyl sites for hydroxylation is 1. The lowest BCUT2D eigenvalue weighted by Crippen LogP contribution is -2.02. The fourth-order valence-corrected chi connectivity index (χ4v) is 3.52. The summed E-state index contributed by atoms with van der Waals surface area (Å²) >= 11 is 9.72. The molecule has 0 aromatic heterocycles. The Morgan fingerprint density at radius 1 is 1.13 bits per heavy atom. The van der Waals surface area contributed by atoms with E-state index in [1.54, 1.807) is 30.5 Å². The van der Waals surface area contributed by atoms with Crippen molar-refractivity contribution in [1.82, 2.24) is 0 Å². The van der Waals surface area contributed by atoms with Gasteiger partial charge in [-0.15, -0.1) is 0 Å². The molecule has 0 fully saturated rings. The number of hydrogen-bond donors (Lipinski definition) is 1. The molecule has 0 radical (unpaired) electrons. The molecule has 3 aromatic rings. The van der Waals surface area contributed by atoms with Crippen molar-refractivity contribution < 1.29 is 19.4 Å². The van der Waals surface area contributed by atoms with E-state index in [4.69, 9.17) is 26.2 Å². The quantitative estimate of drug-likeness (QED) is 0.343. The predicted octanol–water partition coefficient (Wildman–Crippen LogP) is 6.84. The van der Waals surface area contributed by atoms with Gasteiger partial charge in [-0.1, -0.05) is 29.8 Å². The Morgan fingerprint density at radius 2 is 1.87 bits per heavy atom. The second-order valence-corrected chi connectivity index (χ2v) is 8.01. The van der Waals surface area contributed by atoms with E-state index < -0.39 is 5.97 Å². The maximum absolute atomic E-state index is 11.0. The summed E-state index contributed by atoms with van der Waals surface area (Å²) in [6.07, 6.45) is 1.74. The molecule has 160 valence electrons. The summed E-state index contributed by atoms with van der Waals surface area (Å²) < 4.78 is 12.5. The Morgan fingerprint density at radius 3 is 2.52 bits per heavy atom. The normalized spacial score (nSPS) is 11.0. The van der Waals surface area contributed by atoms with Crippen molar-refractivity contribution >= 4 is 45.4 Å². The first-order valence-electron chi connectivity index (χ1n) is 9.59. The molecule has 3 rings (SSSR count). The van der Waals surface area contributed by atoms with Crippen molar-refractivity contribution in [2.24, 2.45) is 4.99 Å². The van der Waals surface area contributed by atoms with Crippen LogP contribution in [0, 0.1) is 6.92 Å². The molecular weight excluding hydrogens is 482 g/mol. The molecule has 7 heteroatoms. The maximum atomic E-state index is 11.0. The summed E-state index contributed by atoms with van der Waals surface area (Å²) in [5.41, 5.74) is 3.68. The van der Waals surface area contributed by atoms with Gasteiger partial charge in [-0.3, -0.25) is 4.99 Å². The van der Waals surface area contributed by atoms with Crippen molar-refractivity contribution in [2.75, 3.05) is 6.61 Å². The Labute approximate surface area is 194 Å². The Hall–Kier alpha value is -2.83. The number of hydrogen-bond acceptors (Lipinski definition) is 4.